The molecule has 0 aliphatic carbocycles. The van der Waals surface area contributed by atoms with E-state index in [2.05, 4.69) is 27.7 Å². The van der Waals surface area contributed by atoms with Crippen molar-refractivity contribution in [2.75, 3.05) is 0 Å². The second-order valence-electron chi connectivity index (χ2n) is 9.67. The van der Waals surface area contributed by atoms with Gasteiger partial charge in [0.25, 0.3) is 0 Å². The summed E-state index contributed by atoms with van der Waals surface area (Å²) in [7, 11) is 0. The molecule has 0 spiro atoms. The Morgan fingerprint density at radius 2 is 0.906 bits per heavy atom. The Hall–Kier alpha value is -2.62. The average molecular weight is 439 g/mol. The maximum atomic E-state index is 12.5. The molecule has 0 saturated heterocycles. The topological polar surface area (TPSA) is 52.6 Å². The zero-order chi connectivity index (χ0) is 23.8. The lowest BCUT2D eigenvalue weighted by Crippen LogP contribution is -2.32. The van der Waals surface area contributed by atoms with Crippen LogP contribution in [0.1, 0.15) is 80.3 Å². The number of ether oxygens (including phenoxy) is 2. The van der Waals surface area contributed by atoms with E-state index < -0.39 is 12.2 Å². The summed E-state index contributed by atoms with van der Waals surface area (Å²) in [5.41, 5.74) is 3.47. The van der Waals surface area contributed by atoms with Crippen LogP contribution in [0.25, 0.3) is 0 Å². The maximum Gasteiger partial charge on any atom is 0.338 e. The zero-order valence-corrected chi connectivity index (χ0v) is 20.6. The fraction of sp³-hybridized carbons (Fsp3) is 0.500. The number of carbonyl (C=O) groups is 2. The summed E-state index contributed by atoms with van der Waals surface area (Å²) in [5.74, 6) is 0.259. The Balaban J connectivity index is 1.90. The summed E-state index contributed by atoms with van der Waals surface area (Å²) < 4.78 is 11.3. The quantitative estimate of drug-likeness (QED) is 0.397. The van der Waals surface area contributed by atoms with Gasteiger partial charge in [0.1, 0.15) is 12.2 Å². The lowest BCUT2D eigenvalue weighted by Gasteiger charge is -2.26. The highest BCUT2D eigenvalue weighted by Crippen LogP contribution is 2.19. The summed E-state index contributed by atoms with van der Waals surface area (Å²) in [6.07, 6.45) is 1.17. The van der Waals surface area contributed by atoms with Crippen LogP contribution in [0.2, 0.25) is 0 Å². The first kappa shape index (κ1) is 25.6. The van der Waals surface area contributed by atoms with Crippen LogP contribution in [-0.2, 0) is 22.3 Å². The number of esters is 2. The second kappa shape index (κ2) is 11.8. The summed E-state index contributed by atoms with van der Waals surface area (Å²) in [5, 5.41) is 0. The highest BCUT2D eigenvalue weighted by molar-refractivity contribution is 5.90. The van der Waals surface area contributed by atoms with Gasteiger partial charge < -0.3 is 9.47 Å². The van der Waals surface area contributed by atoms with Gasteiger partial charge >= 0.3 is 11.9 Å². The Morgan fingerprint density at radius 3 is 1.19 bits per heavy atom. The van der Waals surface area contributed by atoms with Crippen molar-refractivity contribution in [1.29, 1.82) is 0 Å². The van der Waals surface area contributed by atoms with Crippen LogP contribution in [-0.4, -0.2) is 24.1 Å². The first-order valence-corrected chi connectivity index (χ1v) is 11.7. The molecule has 0 N–H and O–H groups in total. The Labute approximate surface area is 193 Å². The lowest BCUT2D eigenvalue weighted by molar-refractivity contribution is -0.0174. The molecular weight excluding hydrogens is 400 g/mol. The highest BCUT2D eigenvalue weighted by Gasteiger charge is 2.26. The third kappa shape index (κ3) is 7.81. The molecule has 0 amide bonds. The number of rotatable bonds is 10. The van der Waals surface area contributed by atoms with E-state index in [1.807, 2.05) is 69.3 Å². The highest BCUT2D eigenvalue weighted by atomic mass is 16.6. The normalized spacial score (nSPS) is 14.2. The third-order valence-corrected chi connectivity index (χ3v) is 5.73. The van der Waals surface area contributed by atoms with Crippen LogP contribution in [0.15, 0.2) is 48.5 Å². The molecule has 4 nitrogen and oxygen atoms in total. The molecule has 0 aliphatic rings. The predicted octanol–water partition coefficient (Wildman–Crippen LogP) is 6.51. The molecule has 0 saturated carbocycles. The second-order valence-corrected chi connectivity index (χ2v) is 9.67. The van der Waals surface area contributed by atoms with E-state index in [0.717, 1.165) is 12.8 Å². The molecule has 0 aromatic heterocycles. The van der Waals surface area contributed by atoms with Crippen LogP contribution in [0.3, 0.4) is 0 Å². The van der Waals surface area contributed by atoms with Gasteiger partial charge in [-0.25, -0.2) is 9.59 Å². The molecule has 0 heterocycles. The van der Waals surface area contributed by atoms with E-state index in [-0.39, 0.29) is 17.9 Å². The van der Waals surface area contributed by atoms with E-state index in [1.54, 1.807) is 0 Å². The molecular formula is C28H38O4. The fourth-order valence-corrected chi connectivity index (χ4v) is 3.57. The van der Waals surface area contributed by atoms with Crippen molar-refractivity contribution in [2.24, 2.45) is 17.8 Å². The van der Waals surface area contributed by atoms with Gasteiger partial charge in [-0.15, -0.1) is 0 Å². The number of benzene rings is 2. The SMILES string of the molecule is CC(C)Cc1ccc(C(=O)OC(C)C(C)C(C)OC(=O)c2ccc(CC(C)C)cc2)cc1. The average Bonchev–Trinajstić information content (AvgIpc) is 2.73. The van der Waals surface area contributed by atoms with Crippen molar-refractivity contribution in [3.05, 3.63) is 70.8 Å². The largest absolute Gasteiger partial charge is 0.459 e. The minimum Gasteiger partial charge on any atom is -0.459 e. The number of hydrogen-bond acceptors (Lipinski definition) is 4. The lowest BCUT2D eigenvalue weighted by atomic mass is 9.99. The van der Waals surface area contributed by atoms with Crippen LogP contribution < -0.4 is 0 Å². The van der Waals surface area contributed by atoms with Crippen LogP contribution >= 0.6 is 0 Å². The van der Waals surface area contributed by atoms with Gasteiger partial charge in [0.2, 0.25) is 0 Å². The molecule has 2 aromatic rings. The van der Waals surface area contributed by atoms with Gasteiger partial charge in [0.05, 0.1) is 11.1 Å². The van der Waals surface area contributed by atoms with Gasteiger partial charge in [-0.2, -0.15) is 0 Å². The minimum atomic E-state index is -0.394. The molecule has 32 heavy (non-hydrogen) atoms. The fourth-order valence-electron chi connectivity index (χ4n) is 3.57. The molecule has 2 atom stereocenters. The van der Waals surface area contributed by atoms with E-state index in [9.17, 15) is 9.59 Å². The minimum absolute atomic E-state index is 0.150. The van der Waals surface area contributed by atoms with Crippen molar-refractivity contribution < 1.29 is 19.1 Å². The summed E-state index contributed by atoms with van der Waals surface area (Å²) in [6.45, 7) is 14.3. The first-order chi connectivity index (χ1) is 15.1. The van der Waals surface area contributed by atoms with E-state index in [4.69, 9.17) is 9.47 Å². The molecule has 0 radical (unpaired) electrons. The van der Waals surface area contributed by atoms with Crippen molar-refractivity contribution in [3.8, 4) is 0 Å². The smallest absolute Gasteiger partial charge is 0.338 e. The standard InChI is InChI=1S/C28H38O4/c1-18(2)16-23-8-12-25(13-9-23)27(29)31-21(6)20(5)22(7)32-28(30)26-14-10-24(11-15-26)17-19(3)4/h8-15,18-22H,16-17H2,1-7H3. The molecule has 0 fully saturated rings. The summed E-state index contributed by atoms with van der Waals surface area (Å²) >= 11 is 0. The summed E-state index contributed by atoms with van der Waals surface area (Å²) in [4.78, 5) is 25.1. The molecule has 0 bridgehead atoms. The van der Waals surface area contributed by atoms with Gasteiger partial charge in [0.15, 0.2) is 0 Å². The maximum absolute atomic E-state index is 12.5. The zero-order valence-electron chi connectivity index (χ0n) is 20.6. The molecule has 2 rings (SSSR count). The Morgan fingerprint density at radius 1 is 0.594 bits per heavy atom. The predicted molar refractivity (Wildman–Crippen MR) is 129 cm³/mol. The molecule has 0 aliphatic heterocycles. The van der Waals surface area contributed by atoms with Crippen molar-refractivity contribution in [1.82, 2.24) is 0 Å². The van der Waals surface area contributed by atoms with Gasteiger partial charge in [-0.3, -0.25) is 0 Å². The molecule has 2 unspecified atom stereocenters. The summed E-state index contributed by atoms with van der Waals surface area (Å²) in [6, 6.07) is 15.1. The van der Waals surface area contributed by atoms with Gasteiger partial charge in [0, 0.05) is 5.92 Å². The first-order valence-electron chi connectivity index (χ1n) is 11.7. The van der Waals surface area contributed by atoms with E-state index >= 15 is 0 Å². The van der Waals surface area contributed by atoms with Crippen molar-refractivity contribution >= 4 is 11.9 Å². The molecule has 2 aromatic carbocycles. The van der Waals surface area contributed by atoms with Gasteiger partial charge in [-0.05, 0) is 73.9 Å². The van der Waals surface area contributed by atoms with E-state index in [0.29, 0.717) is 23.0 Å². The van der Waals surface area contributed by atoms with Gasteiger partial charge in [-0.1, -0.05) is 58.9 Å². The molecule has 4 heteroatoms. The third-order valence-electron chi connectivity index (χ3n) is 5.73. The van der Waals surface area contributed by atoms with Crippen molar-refractivity contribution in [3.63, 3.8) is 0 Å². The van der Waals surface area contributed by atoms with Crippen LogP contribution in [0, 0.1) is 17.8 Å². The molecule has 174 valence electrons. The number of hydrogen-bond donors (Lipinski definition) is 0. The van der Waals surface area contributed by atoms with E-state index in [1.165, 1.54) is 11.1 Å². The Bertz CT molecular complexity index is 792. The van der Waals surface area contributed by atoms with Crippen molar-refractivity contribution in [2.45, 2.75) is 73.5 Å². The monoisotopic (exact) mass is 438 g/mol. The van der Waals surface area contributed by atoms with Crippen LogP contribution in [0.5, 0.6) is 0 Å². The Kier molecular flexibility index (Phi) is 9.49. The number of carbonyl (C=O) groups excluding carboxylic acids is 2. The van der Waals surface area contributed by atoms with Crippen LogP contribution in [0.4, 0.5) is 0 Å².